The van der Waals surface area contributed by atoms with E-state index in [1.54, 1.807) is 20.0 Å². The molecule has 0 radical (unpaired) electrons. The van der Waals surface area contributed by atoms with Crippen molar-refractivity contribution in [2.45, 2.75) is 58.9 Å². The van der Waals surface area contributed by atoms with Gasteiger partial charge >= 0.3 is 5.97 Å². The molecule has 1 amide bonds. The highest BCUT2D eigenvalue weighted by molar-refractivity contribution is 5.92. The normalized spacial score (nSPS) is 11.7. The van der Waals surface area contributed by atoms with Gasteiger partial charge in [-0.3, -0.25) is 9.48 Å². The van der Waals surface area contributed by atoms with E-state index >= 15 is 0 Å². The summed E-state index contributed by atoms with van der Waals surface area (Å²) in [5.74, 6) is -1.000. The van der Waals surface area contributed by atoms with Gasteiger partial charge in [-0.15, -0.1) is 0 Å². The summed E-state index contributed by atoms with van der Waals surface area (Å²) in [4.78, 5) is 23.4. The second-order valence-electron chi connectivity index (χ2n) is 5.80. The van der Waals surface area contributed by atoms with E-state index in [-0.39, 0.29) is 11.8 Å². The van der Waals surface area contributed by atoms with E-state index in [0.717, 1.165) is 25.7 Å². The molecule has 1 heterocycles. The minimum Gasteiger partial charge on any atom is -0.479 e. The van der Waals surface area contributed by atoms with Crippen molar-refractivity contribution in [2.75, 3.05) is 5.32 Å². The number of amides is 1. The van der Waals surface area contributed by atoms with Gasteiger partial charge in [-0.05, 0) is 26.7 Å². The molecule has 1 rings (SSSR count). The van der Waals surface area contributed by atoms with Crippen molar-refractivity contribution in [1.29, 1.82) is 0 Å². The predicted octanol–water partition coefficient (Wildman–Crippen LogP) is 2.86. The average molecular weight is 295 g/mol. The van der Waals surface area contributed by atoms with Crippen LogP contribution in [0.3, 0.4) is 0 Å². The van der Waals surface area contributed by atoms with Crippen LogP contribution in [0.2, 0.25) is 0 Å². The number of nitrogens with one attached hydrogen (secondary N) is 1. The molecule has 0 aromatic carbocycles. The SMILES string of the molecule is CCCC(CCC)C(=O)Nc1cnn(C(C)(C)C(=O)O)c1. The molecule has 2 N–H and O–H groups in total. The molecule has 0 bridgehead atoms. The molecule has 0 saturated carbocycles. The third kappa shape index (κ3) is 4.31. The highest BCUT2D eigenvalue weighted by atomic mass is 16.4. The number of aromatic nitrogens is 2. The van der Waals surface area contributed by atoms with Gasteiger partial charge in [0.2, 0.25) is 5.91 Å². The van der Waals surface area contributed by atoms with Crippen LogP contribution in [-0.2, 0) is 15.1 Å². The largest absolute Gasteiger partial charge is 0.479 e. The van der Waals surface area contributed by atoms with Crippen LogP contribution in [0.25, 0.3) is 0 Å². The number of rotatable bonds is 8. The molecule has 1 aromatic rings. The second-order valence-corrected chi connectivity index (χ2v) is 5.80. The zero-order valence-electron chi connectivity index (χ0n) is 13.2. The summed E-state index contributed by atoms with van der Waals surface area (Å²) in [6, 6.07) is 0. The lowest BCUT2D eigenvalue weighted by atomic mass is 9.97. The lowest BCUT2D eigenvalue weighted by Crippen LogP contribution is -2.35. The van der Waals surface area contributed by atoms with E-state index in [9.17, 15) is 9.59 Å². The third-order valence-electron chi connectivity index (χ3n) is 3.59. The molecule has 0 unspecified atom stereocenters. The number of carbonyl (C=O) groups is 2. The molecule has 0 saturated heterocycles. The Bertz CT molecular complexity index is 488. The van der Waals surface area contributed by atoms with Gasteiger partial charge in [0.25, 0.3) is 0 Å². The smallest absolute Gasteiger partial charge is 0.331 e. The van der Waals surface area contributed by atoms with Gasteiger partial charge < -0.3 is 10.4 Å². The van der Waals surface area contributed by atoms with E-state index in [2.05, 4.69) is 24.3 Å². The summed E-state index contributed by atoms with van der Waals surface area (Å²) in [7, 11) is 0. The Balaban J connectivity index is 2.78. The fraction of sp³-hybridized carbons (Fsp3) is 0.667. The Hall–Kier alpha value is -1.85. The Kier molecular flexibility index (Phi) is 5.93. The quantitative estimate of drug-likeness (QED) is 0.772. The lowest BCUT2D eigenvalue weighted by Gasteiger charge is -2.19. The third-order valence-corrected chi connectivity index (χ3v) is 3.59. The molecule has 1 aromatic heterocycles. The van der Waals surface area contributed by atoms with Gasteiger partial charge in [-0.1, -0.05) is 26.7 Å². The van der Waals surface area contributed by atoms with Crippen LogP contribution in [0.1, 0.15) is 53.4 Å². The molecule has 0 spiro atoms. The summed E-state index contributed by atoms with van der Waals surface area (Å²) < 4.78 is 1.35. The molecular weight excluding hydrogens is 270 g/mol. The van der Waals surface area contributed by atoms with Crippen LogP contribution in [0.4, 0.5) is 5.69 Å². The molecule has 21 heavy (non-hydrogen) atoms. The van der Waals surface area contributed by atoms with Gasteiger partial charge in [-0.25, -0.2) is 4.79 Å². The van der Waals surface area contributed by atoms with Crippen LogP contribution in [0, 0.1) is 5.92 Å². The molecule has 0 fully saturated rings. The Morgan fingerprint density at radius 2 is 1.90 bits per heavy atom. The van der Waals surface area contributed by atoms with Crippen molar-refractivity contribution < 1.29 is 14.7 Å². The van der Waals surface area contributed by atoms with E-state index in [4.69, 9.17) is 5.11 Å². The number of carboxylic acid groups (broad SMARTS) is 1. The predicted molar refractivity (Wildman–Crippen MR) is 81.1 cm³/mol. The number of anilines is 1. The maximum absolute atomic E-state index is 12.2. The van der Waals surface area contributed by atoms with E-state index in [1.807, 2.05) is 0 Å². The van der Waals surface area contributed by atoms with Gasteiger partial charge in [0, 0.05) is 12.1 Å². The maximum Gasteiger partial charge on any atom is 0.331 e. The first-order chi connectivity index (χ1) is 9.82. The number of carbonyl (C=O) groups excluding carboxylic acids is 1. The molecule has 6 nitrogen and oxygen atoms in total. The van der Waals surface area contributed by atoms with E-state index in [0.29, 0.717) is 5.69 Å². The van der Waals surface area contributed by atoms with Crippen molar-refractivity contribution >= 4 is 17.6 Å². The first-order valence-electron chi connectivity index (χ1n) is 7.42. The molecule has 6 heteroatoms. The minimum atomic E-state index is -1.14. The number of hydrogen-bond acceptors (Lipinski definition) is 3. The average Bonchev–Trinajstić information content (AvgIpc) is 2.87. The molecule has 0 aliphatic rings. The van der Waals surface area contributed by atoms with Crippen molar-refractivity contribution in [2.24, 2.45) is 5.92 Å². The van der Waals surface area contributed by atoms with Crippen LogP contribution in [0.15, 0.2) is 12.4 Å². The second kappa shape index (κ2) is 7.24. The van der Waals surface area contributed by atoms with Crippen LogP contribution in [-0.4, -0.2) is 26.8 Å². The number of aliphatic carboxylic acids is 1. The standard InChI is InChI=1S/C15H25N3O3/c1-5-7-11(8-6-2)13(19)17-12-9-16-18(10-12)15(3,4)14(20)21/h9-11H,5-8H2,1-4H3,(H,17,19)(H,20,21). The lowest BCUT2D eigenvalue weighted by molar-refractivity contribution is -0.146. The highest BCUT2D eigenvalue weighted by Crippen LogP contribution is 2.20. The summed E-state index contributed by atoms with van der Waals surface area (Å²) in [5, 5.41) is 16.0. The number of hydrogen-bond donors (Lipinski definition) is 2. The maximum atomic E-state index is 12.2. The van der Waals surface area contributed by atoms with Gasteiger partial charge in [0.1, 0.15) is 0 Å². The summed E-state index contributed by atoms with van der Waals surface area (Å²) in [6.45, 7) is 7.24. The van der Waals surface area contributed by atoms with Crippen molar-refractivity contribution in [3.8, 4) is 0 Å². The summed E-state index contributed by atoms with van der Waals surface area (Å²) >= 11 is 0. The zero-order valence-corrected chi connectivity index (χ0v) is 13.2. The number of carboxylic acids is 1. The van der Waals surface area contributed by atoms with Crippen LogP contribution < -0.4 is 5.32 Å². The number of nitrogens with zero attached hydrogens (tertiary/aromatic N) is 2. The molecular formula is C15H25N3O3. The topological polar surface area (TPSA) is 84.2 Å². The fourth-order valence-corrected chi connectivity index (χ4v) is 2.14. The molecule has 0 aliphatic heterocycles. The molecule has 0 atom stereocenters. The van der Waals surface area contributed by atoms with Crippen molar-refractivity contribution in [1.82, 2.24) is 9.78 Å². The summed E-state index contributed by atoms with van der Waals surface area (Å²) in [5.41, 5.74) is -0.610. The monoisotopic (exact) mass is 295 g/mol. The van der Waals surface area contributed by atoms with Crippen LogP contribution in [0.5, 0.6) is 0 Å². The Labute approximate surface area is 125 Å². The molecule has 118 valence electrons. The van der Waals surface area contributed by atoms with E-state index < -0.39 is 11.5 Å². The van der Waals surface area contributed by atoms with Gasteiger partial charge in [0.05, 0.1) is 11.9 Å². The van der Waals surface area contributed by atoms with Crippen molar-refractivity contribution in [3.05, 3.63) is 12.4 Å². The van der Waals surface area contributed by atoms with Gasteiger partial charge in [0.15, 0.2) is 5.54 Å². The van der Waals surface area contributed by atoms with Gasteiger partial charge in [-0.2, -0.15) is 5.10 Å². The zero-order chi connectivity index (χ0) is 16.0. The Morgan fingerprint density at radius 1 is 1.33 bits per heavy atom. The van der Waals surface area contributed by atoms with Crippen LogP contribution >= 0.6 is 0 Å². The van der Waals surface area contributed by atoms with E-state index in [1.165, 1.54) is 10.9 Å². The van der Waals surface area contributed by atoms with Crippen molar-refractivity contribution in [3.63, 3.8) is 0 Å². The Morgan fingerprint density at radius 3 is 2.38 bits per heavy atom. The minimum absolute atomic E-state index is 0.00386. The highest BCUT2D eigenvalue weighted by Gasteiger charge is 2.30. The first-order valence-corrected chi connectivity index (χ1v) is 7.42. The fourth-order valence-electron chi connectivity index (χ4n) is 2.14. The molecule has 0 aliphatic carbocycles. The first kappa shape index (κ1) is 17.2. The summed E-state index contributed by atoms with van der Waals surface area (Å²) in [6.07, 6.45) is 6.67.